The van der Waals surface area contributed by atoms with Gasteiger partial charge in [-0.25, -0.2) is 4.68 Å². The van der Waals surface area contributed by atoms with E-state index in [1.165, 1.54) is 22.0 Å². The number of hydrogen-bond acceptors (Lipinski definition) is 5. The number of amides is 1. The van der Waals surface area contributed by atoms with E-state index in [4.69, 9.17) is 5.84 Å². The molecule has 0 spiro atoms. The van der Waals surface area contributed by atoms with Gasteiger partial charge in [-0.3, -0.25) is 4.79 Å². The highest BCUT2D eigenvalue weighted by Gasteiger charge is 2.29. The molecule has 1 fully saturated rings. The van der Waals surface area contributed by atoms with Crippen LogP contribution in [-0.2, 0) is 10.2 Å². The van der Waals surface area contributed by atoms with E-state index in [9.17, 15) is 4.79 Å². The van der Waals surface area contributed by atoms with Crippen molar-refractivity contribution in [3.05, 3.63) is 29.8 Å². The van der Waals surface area contributed by atoms with Gasteiger partial charge in [-0.1, -0.05) is 56.8 Å². The van der Waals surface area contributed by atoms with Crippen LogP contribution in [0.4, 0.5) is 0 Å². The van der Waals surface area contributed by atoms with E-state index in [1.54, 1.807) is 0 Å². The van der Waals surface area contributed by atoms with Crippen LogP contribution >= 0.6 is 11.8 Å². The fourth-order valence-corrected chi connectivity index (χ4v) is 3.37. The SMILES string of the molecule is CN(C(=O)CSc1nnc(-c2ccc(C(C)(C)C)cc2)n1N)C1CC1. The number of rotatable bonds is 5. The molecule has 1 heterocycles. The van der Waals surface area contributed by atoms with Gasteiger partial charge in [0.15, 0.2) is 5.82 Å². The fraction of sp³-hybridized carbons (Fsp3) is 0.500. The van der Waals surface area contributed by atoms with Crippen molar-refractivity contribution in [1.82, 2.24) is 19.8 Å². The summed E-state index contributed by atoms with van der Waals surface area (Å²) in [5.41, 5.74) is 2.27. The summed E-state index contributed by atoms with van der Waals surface area (Å²) in [6, 6.07) is 8.61. The van der Waals surface area contributed by atoms with Gasteiger partial charge < -0.3 is 10.7 Å². The Bertz CT molecular complexity index is 759. The molecule has 134 valence electrons. The molecule has 1 aromatic heterocycles. The van der Waals surface area contributed by atoms with E-state index in [0.29, 0.717) is 22.8 Å². The summed E-state index contributed by atoms with van der Waals surface area (Å²) in [5, 5.41) is 8.87. The number of carbonyl (C=O) groups is 1. The predicted molar refractivity (Wildman–Crippen MR) is 101 cm³/mol. The Balaban J connectivity index is 1.69. The first-order valence-corrected chi connectivity index (χ1v) is 9.46. The lowest BCUT2D eigenvalue weighted by Crippen LogP contribution is -2.30. The molecule has 2 aromatic rings. The van der Waals surface area contributed by atoms with Crippen LogP contribution in [0.25, 0.3) is 11.4 Å². The van der Waals surface area contributed by atoms with Crippen molar-refractivity contribution < 1.29 is 4.79 Å². The quantitative estimate of drug-likeness (QED) is 0.656. The van der Waals surface area contributed by atoms with Gasteiger partial charge in [0, 0.05) is 18.7 Å². The zero-order chi connectivity index (χ0) is 18.2. The molecule has 2 N–H and O–H groups in total. The smallest absolute Gasteiger partial charge is 0.233 e. The minimum absolute atomic E-state index is 0.101. The molecule has 3 rings (SSSR count). The minimum atomic E-state index is 0.101. The first-order valence-electron chi connectivity index (χ1n) is 8.47. The third-order valence-electron chi connectivity index (χ3n) is 4.49. The zero-order valence-electron chi connectivity index (χ0n) is 15.2. The Labute approximate surface area is 152 Å². The minimum Gasteiger partial charge on any atom is -0.342 e. The standard InChI is InChI=1S/C18H25N5OS/c1-18(2,3)13-7-5-12(6-8-13)16-20-21-17(23(16)19)25-11-15(24)22(4)14-9-10-14/h5-8,14H,9-11,19H2,1-4H3. The molecule has 6 nitrogen and oxygen atoms in total. The maximum absolute atomic E-state index is 12.1. The molecule has 7 heteroatoms. The molecule has 0 unspecified atom stereocenters. The van der Waals surface area contributed by atoms with E-state index in [2.05, 4.69) is 43.1 Å². The van der Waals surface area contributed by atoms with Gasteiger partial charge in [-0.15, -0.1) is 10.2 Å². The maximum Gasteiger partial charge on any atom is 0.233 e. The summed E-state index contributed by atoms with van der Waals surface area (Å²) in [6.07, 6.45) is 2.21. The van der Waals surface area contributed by atoms with Crippen molar-refractivity contribution in [2.75, 3.05) is 18.6 Å². The van der Waals surface area contributed by atoms with Crippen molar-refractivity contribution in [2.45, 2.75) is 50.2 Å². The zero-order valence-corrected chi connectivity index (χ0v) is 16.0. The number of nitrogens with two attached hydrogens (primary N) is 1. The first kappa shape index (κ1) is 17.8. The van der Waals surface area contributed by atoms with Gasteiger partial charge in [0.05, 0.1) is 5.75 Å². The molecule has 25 heavy (non-hydrogen) atoms. The first-order chi connectivity index (χ1) is 11.8. The van der Waals surface area contributed by atoms with E-state index >= 15 is 0 Å². The number of hydrogen-bond donors (Lipinski definition) is 1. The van der Waals surface area contributed by atoms with Crippen LogP contribution < -0.4 is 5.84 Å². The number of benzene rings is 1. The van der Waals surface area contributed by atoms with E-state index in [1.807, 2.05) is 24.1 Å². The number of nitrogens with zero attached hydrogens (tertiary/aromatic N) is 4. The molecule has 0 saturated heterocycles. The number of thioether (sulfide) groups is 1. The van der Waals surface area contributed by atoms with Gasteiger partial charge in [0.25, 0.3) is 0 Å². The number of nitrogen functional groups attached to an aromatic ring is 1. The van der Waals surface area contributed by atoms with Crippen LogP contribution in [0.5, 0.6) is 0 Å². The fourth-order valence-electron chi connectivity index (χ4n) is 2.59. The van der Waals surface area contributed by atoms with Crippen LogP contribution in [0.15, 0.2) is 29.4 Å². The summed E-state index contributed by atoms with van der Waals surface area (Å²) in [6.45, 7) is 6.54. The van der Waals surface area contributed by atoms with Crippen LogP contribution in [0.1, 0.15) is 39.2 Å². The molecule has 1 aliphatic carbocycles. The molecule has 0 aliphatic heterocycles. The molecular weight excluding hydrogens is 334 g/mol. The highest BCUT2D eigenvalue weighted by Crippen LogP contribution is 2.28. The summed E-state index contributed by atoms with van der Waals surface area (Å²) in [5.74, 6) is 7.17. The van der Waals surface area contributed by atoms with Crippen molar-refractivity contribution in [1.29, 1.82) is 0 Å². The number of aromatic nitrogens is 3. The molecule has 0 atom stereocenters. The largest absolute Gasteiger partial charge is 0.342 e. The van der Waals surface area contributed by atoms with Crippen LogP contribution in [-0.4, -0.2) is 44.5 Å². The van der Waals surface area contributed by atoms with Crippen LogP contribution in [0, 0.1) is 0 Å². The van der Waals surface area contributed by atoms with E-state index in [0.717, 1.165) is 18.4 Å². The second-order valence-corrected chi connectivity index (χ2v) is 8.47. The van der Waals surface area contributed by atoms with Gasteiger partial charge in [0.2, 0.25) is 11.1 Å². The molecule has 0 bridgehead atoms. The molecular formula is C18H25N5OS. The predicted octanol–water partition coefficient (Wildman–Crippen LogP) is 2.67. The summed E-state index contributed by atoms with van der Waals surface area (Å²) < 4.78 is 1.46. The lowest BCUT2D eigenvalue weighted by Gasteiger charge is -2.19. The van der Waals surface area contributed by atoms with Crippen LogP contribution in [0.3, 0.4) is 0 Å². The summed E-state index contributed by atoms with van der Waals surface area (Å²) >= 11 is 1.32. The molecule has 1 aromatic carbocycles. The van der Waals surface area contributed by atoms with Gasteiger partial charge in [0.1, 0.15) is 0 Å². The lowest BCUT2D eigenvalue weighted by atomic mass is 9.87. The Morgan fingerprint density at radius 1 is 1.28 bits per heavy atom. The summed E-state index contributed by atoms with van der Waals surface area (Å²) in [4.78, 5) is 13.9. The Hall–Kier alpha value is -2.02. The van der Waals surface area contributed by atoms with E-state index in [-0.39, 0.29) is 11.3 Å². The van der Waals surface area contributed by atoms with Crippen LogP contribution in [0.2, 0.25) is 0 Å². The van der Waals surface area contributed by atoms with Crippen molar-refractivity contribution in [3.63, 3.8) is 0 Å². The third kappa shape index (κ3) is 3.98. The van der Waals surface area contributed by atoms with Gasteiger partial charge in [-0.2, -0.15) is 0 Å². The molecule has 1 amide bonds. The maximum atomic E-state index is 12.1. The second kappa shape index (κ2) is 6.71. The van der Waals surface area contributed by atoms with Gasteiger partial charge >= 0.3 is 0 Å². The molecule has 0 radical (unpaired) electrons. The third-order valence-corrected chi connectivity index (χ3v) is 5.41. The highest BCUT2D eigenvalue weighted by molar-refractivity contribution is 7.99. The Morgan fingerprint density at radius 3 is 2.48 bits per heavy atom. The lowest BCUT2D eigenvalue weighted by molar-refractivity contribution is -0.127. The van der Waals surface area contributed by atoms with E-state index < -0.39 is 0 Å². The topological polar surface area (TPSA) is 77.0 Å². The second-order valence-electron chi connectivity index (χ2n) is 7.53. The van der Waals surface area contributed by atoms with Crippen molar-refractivity contribution >= 4 is 17.7 Å². The van der Waals surface area contributed by atoms with Gasteiger partial charge in [-0.05, 0) is 23.8 Å². The summed E-state index contributed by atoms with van der Waals surface area (Å²) in [7, 11) is 1.86. The number of carbonyl (C=O) groups excluding carboxylic acids is 1. The Kier molecular flexibility index (Phi) is 4.77. The Morgan fingerprint density at radius 2 is 1.92 bits per heavy atom. The van der Waals surface area contributed by atoms with Crippen molar-refractivity contribution in [2.24, 2.45) is 0 Å². The molecule has 1 aliphatic rings. The average molecular weight is 359 g/mol. The highest BCUT2D eigenvalue weighted by atomic mass is 32.2. The van der Waals surface area contributed by atoms with Crippen molar-refractivity contribution in [3.8, 4) is 11.4 Å². The normalized spacial score (nSPS) is 14.6. The average Bonchev–Trinajstić information content (AvgIpc) is 3.35. The monoisotopic (exact) mass is 359 g/mol. The molecule has 1 saturated carbocycles.